The minimum absolute atomic E-state index is 0.0543. The monoisotopic (exact) mass is 275 g/mol. The van der Waals surface area contributed by atoms with Gasteiger partial charge in [-0.3, -0.25) is 0 Å². The Kier molecular flexibility index (Phi) is 2.30. The van der Waals surface area contributed by atoms with Crippen molar-refractivity contribution in [1.29, 1.82) is 0 Å². The van der Waals surface area contributed by atoms with Gasteiger partial charge in [0.1, 0.15) is 0 Å². The van der Waals surface area contributed by atoms with E-state index in [4.69, 9.17) is 5.73 Å². The third-order valence-electron chi connectivity index (χ3n) is 3.62. The number of hydrogen-bond acceptors (Lipinski definition) is 1. The van der Waals surface area contributed by atoms with Gasteiger partial charge in [0.25, 0.3) is 0 Å². The molecule has 1 fully saturated rings. The molecule has 2 N–H and O–H groups in total. The lowest BCUT2D eigenvalue weighted by molar-refractivity contribution is 0.254. The first-order chi connectivity index (χ1) is 7.67. The largest absolute Gasteiger partial charge is 0.321 e. The molecule has 2 heteroatoms. The van der Waals surface area contributed by atoms with Crippen LogP contribution in [-0.4, -0.2) is 0 Å². The molecule has 0 unspecified atom stereocenters. The predicted octanol–water partition coefficient (Wildman–Crippen LogP) is 3.94. The van der Waals surface area contributed by atoms with Crippen LogP contribution in [-0.2, 0) is 5.54 Å². The molecule has 0 spiro atoms. The zero-order chi connectivity index (χ0) is 11.2. The highest BCUT2D eigenvalue weighted by Gasteiger charge is 2.34. The van der Waals surface area contributed by atoms with E-state index in [1.54, 1.807) is 0 Å². The summed E-state index contributed by atoms with van der Waals surface area (Å²) in [5.74, 6) is 0. The smallest absolute Gasteiger partial charge is 0.0409 e. The van der Waals surface area contributed by atoms with Gasteiger partial charge in [-0.1, -0.05) is 34.1 Å². The van der Waals surface area contributed by atoms with E-state index in [9.17, 15) is 0 Å². The van der Waals surface area contributed by atoms with E-state index < -0.39 is 0 Å². The van der Waals surface area contributed by atoms with E-state index in [0.717, 1.165) is 17.3 Å². The van der Waals surface area contributed by atoms with E-state index in [0.29, 0.717) is 0 Å². The summed E-state index contributed by atoms with van der Waals surface area (Å²) in [6, 6.07) is 12.9. The second kappa shape index (κ2) is 3.57. The molecule has 0 heterocycles. The van der Waals surface area contributed by atoms with Crippen LogP contribution in [0.15, 0.2) is 40.9 Å². The van der Waals surface area contributed by atoms with Gasteiger partial charge in [0.05, 0.1) is 0 Å². The van der Waals surface area contributed by atoms with Crippen molar-refractivity contribution in [3.63, 3.8) is 0 Å². The molecule has 2 aromatic carbocycles. The van der Waals surface area contributed by atoms with Gasteiger partial charge in [0.15, 0.2) is 0 Å². The number of rotatable bonds is 1. The van der Waals surface area contributed by atoms with Crippen LogP contribution in [0.5, 0.6) is 0 Å². The molecule has 0 saturated heterocycles. The molecular weight excluding hydrogens is 262 g/mol. The molecule has 2 aromatic rings. The van der Waals surface area contributed by atoms with Crippen LogP contribution < -0.4 is 5.73 Å². The van der Waals surface area contributed by atoms with E-state index in [2.05, 4.69) is 52.3 Å². The van der Waals surface area contributed by atoms with Crippen molar-refractivity contribution >= 4 is 26.7 Å². The standard InChI is InChI=1S/C14H14BrN/c15-13-5-3-10-8-12(4-2-11(10)9-13)14(16)6-1-7-14/h2-5,8-9H,1,6-7,16H2. The Morgan fingerprint density at radius 1 is 1.00 bits per heavy atom. The lowest BCUT2D eigenvalue weighted by Gasteiger charge is -2.38. The van der Waals surface area contributed by atoms with E-state index >= 15 is 0 Å². The average molecular weight is 276 g/mol. The van der Waals surface area contributed by atoms with Gasteiger partial charge < -0.3 is 5.73 Å². The summed E-state index contributed by atoms with van der Waals surface area (Å²) in [5, 5.41) is 2.54. The summed E-state index contributed by atoms with van der Waals surface area (Å²) < 4.78 is 1.12. The molecule has 1 aliphatic carbocycles. The van der Waals surface area contributed by atoms with Gasteiger partial charge in [0, 0.05) is 10.0 Å². The van der Waals surface area contributed by atoms with Crippen molar-refractivity contribution in [2.24, 2.45) is 5.73 Å². The highest BCUT2D eigenvalue weighted by molar-refractivity contribution is 9.10. The minimum atomic E-state index is -0.0543. The number of fused-ring (bicyclic) bond motifs is 1. The number of halogens is 1. The molecule has 0 aliphatic heterocycles. The lowest BCUT2D eigenvalue weighted by Crippen LogP contribution is -2.43. The fourth-order valence-corrected chi connectivity index (χ4v) is 2.75. The van der Waals surface area contributed by atoms with Crippen LogP contribution in [0.3, 0.4) is 0 Å². The SMILES string of the molecule is NC1(c2ccc3cc(Br)ccc3c2)CCC1. The number of nitrogens with two attached hydrogens (primary N) is 1. The van der Waals surface area contributed by atoms with Crippen molar-refractivity contribution < 1.29 is 0 Å². The number of benzene rings is 2. The first kappa shape index (κ1) is 10.3. The quantitative estimate of drug-likeness (QED) is 0.838. The van der Waals surface area contributed by atoms with E-state index in [-0.39, 0.29) is 5.54 Å². The highest BCUT2D eigenvalue weighted by atomic mass is 79.9. The molecule has 1 saturated carbocycles. The maximum Gasteiger partial charge on any atom is 0.0409 e. The van der Waals surface area contributed by atoms with E-state index in [1.165, 1.54) is 22.8 Å². The third-order valence-corrected chi connectivity index (χ3v) is 4.12. The molecule has 0 bridgehead atoms. The maximum atomic E-state index is 6.34. The van der Waals surface area contributed by atoms with Gasteiger partial charge in [-0.05, 0) is 53.8 Å². The topological polar surface area (TPSA) is 26.0 Å². The van der Waals surface area contributed by atoms with Crippen molar-refractivity contribution in [2.45, 2.75) is 24.8 Å². The summed E-state index contributed by atoms with van der Waals surface area (Å²) in [5.41, 5.74) is 7.57. The summed E-state index contributed by atoms with van der Waals surface area (Å²) in [4.78, 5) is 0. The predicted molar refractivity (Wildman–Crippen MR) is 71.4 cm³/mol. The first-order valence-electron chi connectivity index (χ1n) is 5.66. The fraction of sp³-hybridized carbons (Fsp3) is 0.286. The summed E-state index contributed by atoms with van der Waals surface area (Å²) in [7, 11) is 0. The van der Waals surface area contributed by atoms with Gasteiger partial charge in [-0.15, -0.1) is 0 Å². The fourth-order valence-electron chi connectivity index (χ4n) is 2.37. The Balaban J connectivity index is 2.12. The minimum Gasteiger partial charge on any atom is -0.321 e. The van der Waals surface area contributed by atoms with Crippen LogP contribution in [0.25, 0.3) is 10.8 Å². The lowest BCUT2D eigenvalue weighted by atomic mass is 9.72. The first-order valence-corrected chi connectivity index (χ1v) is 6.45. The molecule has 0 aromatic heterocycles. The Morgan fingerprint density at radius 3 is 2.38 bits per heavy atom. The second-order valence-electron chi connectivity index (χ2n) is 4.72. The van der Waals surface area contributed by atoms with Gasteiger partial charge in [-0.2, -0.15) is 0 Å². The zero-order valence-corrected chi connectivity index (χ0v) is 10.6. The Morgan fingerprint density at radius 2 is 1.69 bits per heavy atom. The Bertz CT molecular complexity index is 543. The number of hydrogen-bond donors (Lipinski definition) is 1. The van der Waals surface area contributed by atoms with Crippen LogP contribution >= 0.6 is 15.9 Å². The van der Waals surface area contributed by atoms with Crippen molar-refractivity contribution in [3.05, 3.63) is 46.4 Å². The molecular formula is C14H14BrN. The summed E-state index contributed by atoms with van der Waals surface area (Å²) in [6.07, 6.45) is 3.50. The molecule has 0 amide bonds. The van der Waals surface area contributed by atoms with Gasteiger partial charge in [-0.25, -0.2) is 0 Å². The molecule has 3 rings (SSSR count). The molecule has 82 valence electrons. The van der Waals surface area contributed by atoms with Crippen LogP contribution in [0.4, 0.5) is 0 Å². The van der Waals surface area contributed by atoms with Gasteiger partial charge >= 0.3 is 0 Å². The molecule has 1 aliphatic rings. The van der Waals surface area contributed by atoms with Crippen molar-refractivity contribution in [1.82, 2.24) is 0 Å². The molecule has 0 atom stereocenters. The summed E-state index contributed by atoms with van der Waals surface area (Å²) >= 11 is 3.49. The second-order valence-corrected chi connectivity index (χ2v) is 5.63. The molecule has 0 radical (unpaired) electrons. The van der Waals surface area contributed by atoms with Gasteiger partial charge in [0.2, 0.25) is 0 Å². The Labute approximate surface area is 104 Å². The average Bonchev–Trinajstić information content (AvgIpc) is 2.25. The van der Waals surface area contributed by atoms with Crippen LogP contribution in [0, 0.1) is 0 Å². The zero-order valence-electron chi connectivity index (χ0n) is 9.04. The van der Waals surface area contributed by atoms with Crippen LogP contribution in [0.1, 0.15) is 24.8 Å². The third kappa shape index (κ3) is 1.57. The van der Waals surface area contributed by atoms with E-state index in [1.807, 2.05) is 0 Å². The highest BCUT2D eigenvalue weighted by Crippen LogP contribution is 2.39. The van der Waals surface area contributed by atoms with Crippen molar-refractivity contribution in [2.75, 3.05) is 0 Å². The van der Waals surface area contributed by atoms with Crippen molar-refractivity contribution in [3.8, 4) is 0 Å². The molecule has 16 heavy (non-hydrogen) atoms. The Hall–Kier alpha value is -0.860. The summed E-state index contributed by atoms with van der Waals surface area (Å²) in [6.45, 7) is 0. The van der Waals surface area contributed by atoms with Crippen LogP contribution in [0.2, 0.25) is 0 Å². The normalized spacial score (nSPS) is 18.4. The maximum absolute atomic E-state index is 6.34. The molecule has 1 nitrogen and oxygen atoms in total.